The zero-order valence-electron chi connectivity index (χ0n) is 31.1. The Bertz CT molecular complexity index is 1770. The highest BCUT2D eigenvalue weighted by atomic mass is 28.4. The molecule has 3 heterocycles. The minimum absolute atomic E-state index is 0.129. The number of carbonyl (C=O) groups excluding carboxylic acids is 1. The first-order valence-electron chi connectivity index (χ1n) is 17.4. The van der Waals surface area contributed by atoms with Crippen molar-refractivity contribution >= 4 is 33.3 Å². The summed E-state index contributed by atoms with van der Waals surface area (Å²) in [4.78, 5) is 29.4. The smallest absolute Gasteiger partial charge is 0.410 e. The van der Waals surface area contributed by atoms with Crippen molar-refractivity contribution in [2.24, 2.45) is 0 Å². The van der Waals surface area contributed by atoms with Gasteiger partial charge in [-0.15, -0.1) is 0 Å². The van der Waals surface area contributed by atoms with E-state index >= 15 is 0 Å². The van der Waals surface area contributed by atoms with Crippen molar-refractivity contribution in [1.29, 1.82) is 0 Å². The lowest BCUT2D eigenvalue weighted by Gasteiger charge is -2.36. The van der Waals surface area contributed by atoms with Crippen molar-refractivity contribution in [3.63, 3.8) is 0 Å². The fourth-order valence-electron chi connectivity index (χ4n) is 5.58. The van der Waals surface area contributed by atoms with E-state index in [1.54, 1.807) is 4.90 Å². The van der Waals surface area contributed by atoms with Gasteiger partial charge in [0.2, 0.25) is 8.32 Å². The largest absolute Gasteiger partial charge is 0.543 e. The monoisotopic (exact) mass is 700 g/mol. The van der Waals surface area contributed by atoms with Gasteiger partial charge in [0.25, 0.3) is 8.07 Å². The summed E-state index contributed by atoms with van der Waals surface area (Å²) >= 11 is 0. The molecule has 0 radical (unpaired) electrons. The summed E-state index contributed by atoms with van der Waals surface area (Å²) in [5, 5.41) is 2.35. The molecule has 1 saturated heterocycles. The molecule has 0 aliphatic carbocycles. The van der Waals surface area contributed by atoms with Gasteiger partial charge in [0, 0.05) is 42.7 Å². The van der Waals surface area contributed by atoms with E-state index in [4.69, 9.17) is 28.9 Å². The molecule has 1 unspecified atom stereocenters. The summed E-state index contributed by atoms with van der Waals surface area (Å²) in [6, 6.07) is 13.3. The van der Waals surface area contributed by atoms with Crippen molar-refractivity contribution in [3.05, 3.63) is 67.4 Å². The SMILES string of the molecule is [CH2+][Si](C)(C)CCOCn1c(-c2cnc(-c3ccc4cc(O[Si](C)(C)C(C)(C)C)ccc4c3)nc2)cnc1C1CCCN1C(=O)OC(C)(C)C. The molecule has 4 aromatic rings. The van der Waals surface area contributed by atoms with Crippen LogP contribution in [0.15, 0.2) is 55.0 Å². The lowest BCUT2D eigenvalue weighted by atomic mass is 10.1. The van der Waals surface area contributed by atoms with Gasteiger partial charge in [-0.3, -0.25) is 4.90 Å². The van der Waals surface area contributed by atoms with E-state index in [0.717, 1.165) is 58.1 Å². The minimum atomic E-state index is -1.93. The number of fused-ring (bicyclic) bond motifs is 1. The van der Waals surface area contributed by atoms with Crippen LogP contribution in [-0.4, -0.2) is 65.7 Å². The number of hydrogen-bond donors (Lipinski definition) is 0. The highest BCUT2D eigenvalue weighted by Crippen LogP contribution is 2.38. The normalized spacial score (nSPS) is 16.0. The van der Waals surface area contributed by atoms with Gasteiger partial charge in [0.1, 0.15) is 23.9 Å². The molecule has 9 nitrogen and oxygen atoms in total. The topological polar surface area (TPSA) is 91.6 Å². The third-order valence-electron chi connectivity index (χ3n) is 9.41. The molecular weight excluding hydrogens is 647 g/mol. The maximum Gasteiger partial charge on any atom is 0.410 e. The molecule has 5 rings (SSSR count). The van der Waals surface area contributed by atoms with Crippen molar-refractivity contribution in [2.45, 2.75) is 110 Å². The number of hydrogen-bond acceptors (Lipinski definition) is 7. The van der Waals surface area contributed by atoms with Crippen molar-refractivity contribution in [2.75, 3.05) is 13.2 Å². The van der Waals surface area contributed by atoms with Crippen LogP contribution in [0.4, 0.5) is 4.79 Å². The Morgan fingerprint density at radius 1 is 0.918 bits per heavy atom. The highest BCUT2D eigenvalue weighted by molar-refractivity contribution is 6.79. The standard InChI is InChI=1S/C38H54N5O4Si2/c1-37(2,3)46-36(44)42-18-12-13-32(42)35-41-25-33(43(35)26-45-19-20-48(7,8)9)30-23-39-34(40-24-30)29-15-14-28-22-31(17-16-27(28)21-29)47-49(10,11)38(4,5)6/h14-17,21-25,32H,7,12-13,18-20,26H2,1-6,8-11H3/q+1. The Labute approximate surface area is 294 Å². The van der Waals surface area contributed by atoms with Crippen molar-refractivity contribution < 1.29 is 18.7 Å². The third-order valence-corrected chi connectivity index (χ3v) is 15.3. The van der Waals surface area contributed by atoms with E-state index in [1.165, 1.54) is 0 Å². The van der Waals surface area contributed by atoms with Crippen LogP contribution in [0, 0.1) is 6.55 Å². The number of rotatable bonds is 10. The second-order valence-corrected chi connectivity index (χ2v) is 26.1. The Hall–Kier alpha value is -3.68. The lowest BCUT2D eigenvalue weighted by Crippen LogP contribution is -2.43. The second kappa shape index (κ2) is 13.9. The molecule has 1 atom stereocenters. The van der Waals surface area contributed by atoms with Crippen LogP contribution in [0.2, 0.25) is 37.3 Å². The molecule has 0 saturated carbocycles. The zero-order chi connectivity index (χ0) is 35.8. The Morgan fingerprint density at radius 2 is 1.59 bits per heavy atom. The van der Waals surface area contributed by atoms with Crippen LogP contribution < -0.4 is 4.43 Å². The molecular formula is C38H54N5O4Si2+. The zero-order valence-corrected chi connectivity index (χ0v) is 33.1. The fourth-order valence-corrected chi connectivity index (χ4v) is 7.30. The molecule has 0 bridgehead atoms. The lowest BCUT2D eigenvalue weighted by molar-refractivity contribution is 0.0204. The number of benzene rings is 2. The first kappa shape index (κ1) is 36.6. The maximum absolute atomic E-state index is 13.2. The van der Waals surface area contributed by atoms with E-state index in [1.807, 2.05) is 39.4 Å². The van der Waals surface area contributed by atoms with Gasteiger partial charge in [-0.1, -0.05) is 39.0 Å². The van der Waals surface area contributed by atoms with Gasteiger partial charge in [-0.25, -0.2) is 19.7 Å². The number of imidazole rings is 1. The molecule has 49 heavy (non-hydrogen) atoms. The van der Waals surface area contributed by atoms with Crippen LogP contribution in [0.25, 0.3) is 33.4 Å². The van der Waals surface area contributed by atoms with Gasteiger partial charge < -0.3 is 18.5 Å². The van der Waals surface area contributed by atoms with E-state index in [-0.39, 0.29) is 17.2 Å². The summed E-state index contributed by atoms with van der Waals surface area (Å²) < 4.78 is 20.6. The number of amides is 1. The summed E-state index contributed by atoms with van der Waals surface area (Å²) in [7, 11) is -3.45. The van der Waals surface area contributed by atoms with Crippen LogP contribution in [0.3, 0.4) is 0 Å². The van der Waals surface area contributed by atoms with Gasteiger partial charge in [0.05, 0.1) is 24.5 Å². The maximum atomic E-state index is 13.2. The summed E-state index contributed by atoms with van der Waals surface area (Å²) in [6.45, 7) is 27.3. The van der Waals surface area contributed by atoms with E-state index in [9.17, 15) is 4.79 Å². The molecule has 0 spiro atoms. The Kier molecular flexibility index (Phi) is 10.4. The van der Waals surface area contributed by atoms with Crippen molar-refractivity contribution in [1.82, 2.24) is 24.4 Å². The van der Waals surface area contributed by atoms with Crippen LogP contribution in [0.1, 0.15) is 66.3 Å². The van der Waals surface area contributed by atoms with Crippen molar-refractivity contribution in [3.8, 4) is 28.4 Å². The first-order valence-corrected chi connectivity index (χ1v) is 23.7. The summed E-state index contributed by atoms with van der Waals surface area (Å²) in [5.41, 5.74) is 2.03. The van der Waals surface area contributed by atoms with E-state index < -0.39 is 22.0 Å². The number of aromatic nitrogens is 4. The molecule has 2 aromatic heterocycles. The number of nitrogens with zero attached hydrogens (tertiary/aromatic N) is 5. The molecule has 11 heteroatoms. The predicted molar refractivity (Wildman–Crippen MR) is 203 cm³/mol. The molecule has 1 amide bonds. The fraction of sp³-hybridized carbons (Fsp3) is 0.500. The molecule has 2 aromatic carbocycles. The number of likely N-dealkylation sites (tertiary alicyclic amines) is 1. The van der Waals surface area contributed by atoms with E-state index in [2.05, 4.69) is 94.5 Å². The van der Waals surface area contributed by atoms with Crippen LogP contribution >= 0.6 is 0 Å². The molecule has 1 fully saturated rings. The average Bonchev–Trinajstić information content (AvgIpc) is 3.64. The summed E-state index contributed by atoms with van der Waals surface area (Å²) in [5.74, 6) is 2.33. The van der Waals surface area contributed by atoms with Gasteiger partial charge in [-0.05, 0) is 93.8 Å². The quantitative estimate of drug-likeness (QED) is 0.0924. The van der Waals surface area contributed by atoms with Gasteiger partial charge in [-0.2, -0.15) is 0 Å². The minimum Gasteiger partial charge on any atom is -0.543 e. The highest BCUT2D eigenvalue weighted by Gasteiger charge is 2.39. The van der Waals surface area contributed by atoms with E-state index in [0.29, 0.717) is 25.7 Å². The average molecular weight is 701 g/mol. The third kappa shape index (κ3) is 8.92. The number of carbonyl (C=O) groups is 1. The molecule has 1 aliphatic rings. The van der Waals surface area contributed by atoms with Crippen LogP contribution in [0.5, 0.6) is 5.75 Å². The van der Waals surface area contributed by atoms with Gasteiger partial charge in [0.15, 0.2) is 5.82 Å². The molecule has 1 aliphatic heterocycles. The first-order chi connectivity index (χ1) is 22.8. The Balaban J connectivity index is 1.40. The number of ether oxygens (including phenoxy) is 2. The second-order valence-electron chi connectivity index (χ2n) is 16.6. The summed E-state index contributed by atoms with van der Waals surface area (Å²) in [6.07, 6.45) is 6.87. The van der Waals surface area contributed by atoms with Crippen LogP contribution in [-0.2, 0) is 16.2 Å². The predicted octanol–water partition coefficient (Wildman–Crippen LogP) is 9.67. The molecule has 262 valence electrons. The molecule has 0 N–H and O–H groups in total. The van der Waals surface area contributed by atoms with Gasteiger partial charge >= 0.3 is 6.09 Å². The Morgan fingerprint density at radius 3 is 2.24 bits per heavy atom.